The molecule has 0 N–H and O–H groups in total. The molecule has 0 amide bonds. The maximum Gasteiger partial charge on any atom is 0.0776 e. The molecule has 0 radical (unpaired) electrons. The van der Waals surface area contributed by atoms with Crippen LogP contribution in [0, 0.1) is 13.8 Å². The van der Waals surface area contributed by atoms with E-state index >= 15 is 0 Å². The molecule has 0 aliphatic rings. The van der Waals surface area contributed by atoms with Crippen molar-refractivity contribution in [2.24, 2.45) is 0 Å². The van der Waals surface area contributed by atoms with E-state index in [4.69, 9.17) is 4.98 Å². The maximum atomic E-state index is 4.89. The van der Waals surface area contributed by atoms with Gasteiger partial charge in [-0.15, -0.1) is 0 Å². The van der Waals surface area contributed by atoms with Crippen LogP contribution < -0.4 is 5.19 Å². The predicted octanol–water partition coefficient (Wildman–Crippen LogP) is 5.06. The molecule has 0 saturated heterocycles. The molecule has 1 nitrogen and oxygen atoms in total. The van der Waals surface area contributed by atoms with Crippen LogP contribution in [0.4, 0.5) is 0 Å². The molecule has 0 fully saturated rings. The fraction of sp³-hybridized carbons (Fsp3) is 0.250. The molecular formula is C20H23NSi. The van der Waals surface area contributed by atoms with Gasteiger partial charge in [-0.3, -0.25) is 0 Å². The number of aromatic nitrogens is 1. The first kappa shape index (κ1) is 15.0. The van der Waals surface area contributed by atoms with E-state index in [0.717, 1.165) is 11.2 Å². The molecule has 0 unspecified atom stereocenters. The first-order valence-electron chi connectivity index (χ1n) is 7.84. The summed E-state index contributed by atoms with van der Waals surface area (Å²) in [6.07, 6.45) is 0. The van der Waals surface area contributed by atoms with Gasteiger partial charge < -0.3 is 0 Å². The molecule has 22 heavy (non-hydrogen) atoms. The Morgan fingerprint density at radius 2 is 1.64 bits per heavy atom. The van der Waals surface area contributed by atoms with E-state index in [1.165, 1.54) is 27.3 Å². The van der Waals surface area contributed by atoms with Crippen molar-refractivity contribution < 1.29 is 0 Å². The molecule has 0 aliphatic heterocycles. The maximum absolute atomic E-state index is 4.89. The van der Waals surface area contributed by atoms with Crippen LogP contribution in [-0.2, 0) is 0 Å². The number of pyridine rings is 1. The quantitative estimate of drug-likeness (QED) is 0.603. The van der Waals surface area contributed by atoms with Gasteiger partial charge >= 0.3 is 0 Å². The van der Waals surface area contributed by atoms with Crippen molar-refractivity contribution in [2.75, 3.05) is 0 Å². The smallest absolute Gasteiger partial charge is 0.0776 e. The van der Waals surface area contributed by atoms with Gasteiger partial charge in [-0.25, -0.2) is 4.98 Å². The second-order valence-electron chi connectivity index (χ2n) is 7.10. The normalized spacial score (nSPS) is 11.9. The Morgan fingerprint density at radius 3 is 2.36 bits per heavy atom. The topological polar surface area (TPSA) is 12.9 Å². The standard InChI is InChI=1S/C20H23NSi/c1-14-7-6-8-18(15(14)2)20-11-9-16-13-17(22(3,4)5)10-12-19(16)21-20/h6-13H,1-5H3. The lowest BCUT2D eigenvalue weighted by atomic mass is 10.00. The van der Waals surface area contributed by atoms with Gasteiger partial charge in [-0.05, 0) is 37.1 Å². The molecule has 0 aliphatic carbocycles. The Labute approximate surface area is 134 Å². The number of aryl methyl sites for hydroxylation is 1. The van der Waals surface area contributed by atoms with E-state index in [-0.39, 0.29) is 0 Å². The van der Waals surface area contributed by atoms with Gasteiger partial charge in [0.1, 0.15) is 0 Å². The fourth-order valence-electron chi connectivity index (χ4n) is 2.77. The summed E-state index contributed by atoms with van der Waals surface area (Å²) in [5.41, 5.74) is 6.01. The molecule has 0 spiro atoms. The molecule has 3 rings (SSSR count). The van der Waals surface area contributed by atoms with Crippen molar-refractivity contribution in [2.45, 2.75) is 33.5 Å². The van der Waals surface area contributed by atoms with Gasteiger partial charge in [-0.1, -0.05) is 61.2 Å². The Hall–Kier alpha value is -1.93. The molecule has 3 aromatic rings. The number of hydrogen-bond donors (Lipinski definition) is 0. The van der Waals surface area contributed by atoms with Crippen LogP contribution in [0.1, 0.15) is 11.1 Å². The number of fused-ring (bicyclic) bond motifs is 1. The van der Waals surface area contributed by atoms with Crippen molar-refractivity contribution in [1.29, 1.82) is 0 Å². The van der Waals surface area contributed by atoms with Crippen LogP contribution in [0.2, 0.25) is 19.6 Å². The highest BCUT2D eigenvalue weighted by molar-refractivity contribution is 6.88. The largest absolute Gasteiger partial charge is 0.248 e. The second kappa shape index (κ2) is 5.36. The highest BCUT2D eigenvalue weighted by atomic mass is 28.3. The van der Waals surface area contributed by atoms with Crippen LogP contribution in [0.15, 0.2) is 48.5 Å². The Bertz CT molecular complexity index is 844. The van der Waals surface area contributed by atoms with Gasteiger partial charge in [-0.2, -0.15) is 0 Å². The average Bonchev–Trinajstić information content (AvgIpc) is 2.48. The Morgan fingerprint density at radius 1 is 0.864 bits per heavy atom. The molecule has 112 valence electrons. The van der Waals surface area contributed by atoms with Crippen molar-refractivity contribution >= 4 is 24.2 Å². The molecule has 2 aromatic carbocycles. The third-order valence-electron chi connectivity index (χ3n) is 4.44. The van der Waals surface area contributed by atoms with Crippen LogP contribution >= 0.6 is 0 Å². The van der Waals surface area contributed by atoms with Gasteiger partial charge in [0.15, 0.2) is 0 Å². The third kappa shape index (κ3) is 2.71. The highest BCUT2D eigenvalue weighted by Gasteiger charge is 2.16. The summed E-state index contributed by atoms with van der Waals surface area (Å²) in [5.74, 6) is 0. The predicted molar refractivity (Wildman–Crippen MR) is 99.6 cm³/mol. The first-order valence-corrected chi connectivity index (χ1v) is 11.3. The van der Waals surface area contributed by atoms with Gasteiger partial charge in [0, 0.05) is 10.9 Å². The van der Waals surface area contributed by atoms with E-state index in [1.807, 2.05) is 0 Å². The van der Waals surface area contributed by atoms with E-state index < -0.39 is 8.07 Å². The summed E-state index contributed by atoms with van der Waals surface area (Å²) in [4.78, 5) is 4.89. The van der Waals surface area contributed by atoms with E-state index in [0.29, 0.717) is 0 Å². The van der Waals surface area contributed by atoms with Gasteiger partial charge in [0.2, 0.25) is 0 Å². The van der Waals surface area contributed by atoms with Gasteiger partial charge in [0.05, 0.1) is 19.3 Å². The van der Waals surface area contributed by atoms with Crippen LogP contribution in [0.3, 0.4) is 0 Å². The minimum atomic E-state index is -1.27. The molecule has 1 aromatic heterocycles. The Kier molecular flexibility index (Phi) is 3.65. The number of hydrogen-bond acceptors (Lipinski definition) is 1. The van der Waals surface area contributed by atoms with Crippen LogP contribution in [0.5, 0.6) is 0 Å². The molecular weight excluding hydrogens is 282 g/mol. The van der Waals surface area contributed by atoms with Crippen molar-refractivity contribution in [3.05, 3.63) is 59.7 Å². The van der Waals surface area contributed by atoms with Crippen molar-refractivity contribution in [3.63, 3.8) is 0 Å². The summed E-state index contributed by atoms with van der Waals surface area (Å²) in [5, 5.41) is 2.73. The minimum Gasteiger partial charge on any atom is -0.248 e. The fourth-order valence-corrected chi connectivity index (χ4v) is 3.94. The van der Waals surface area contributed by atoms with E-state index in [1.54, 1.807) is 0 Å². The average molecular weight is 305 g/mol. The van der Waals surface area contributed by atoms with Crippen molar-refractivity contribution in [1.82, 2.24) is 4.98 Å². The molecule has 0 bridgehead atoms. The lowest BCUT2D eigenvalue weighted by Gasteiger charge is -2.17. The summed E-state index contributed by atoms with van der Waals surface area (Å²) >= 11 is 0. The molecule has 0 saturated carbocycles. The zero-order valence-electron chi connectivity index (χ0n) is 14.1. The lowest BCUT2D eigenvalue weighted by molar-refractivity contribution is 1.31. The van der Waals surface area contributed by atoms with Crippen LogP contribution in [-0.4, -0.2) is 13.1 Å². The SMILES string of the molecule is Cc1cccc(-c2ccc3cc([Si](C)(C)C)ccc3n2)c1C. The monoisotopic (exact) mass is 305 g/mol. The zero-order chi connectivity index (χ0) is 15.9. The molecule has 1 heterocycles. The van der Waals surface area contributed by atoms with E-state index in [9.17, 15) is 0 Å². The number of benzene rings is 2. The molecule has 2 heteroatoms. The number of rotatable bonds is 2. The van der Waals surface area contributed by atoms with E-state index in [2.05, 4.69) is 82.0 Å². The van der Waals surface area contributed by atoms with Gasteiger partial charge in [0.25, 0.3) is 0 Å². The second-order valence-corrected chi connectivity index (χ2v) is 12.2. The highest BCUT2D eigenvalue weighted by Crippen LogP contribution is 2.25. The van der Waals surface area contributed by atoms with Crippen molar-refractivity contribution in [3.8, 4) is 11.3 Å². The minimum absolute atomic E-state index is 1.06. The number of nitrogens with zero attached hydrogens (tertiary/aromatic N) is 1. The van der Waals surface area contributed by atoms with Crippen LogP contribution in [0.25, 0.3) is 22.2 Å². The molecule has 0 atom stereocenters. The summed E-state index contributed by atoms with van der Waals surface area (Å²) in [7, 11) is -1.27. The lowest BCUT2D eigenvalue weighted by Crippen LogP contribution is -2.37. The first-order chi connectivity index (χ1) is 10.4. The summed E-state index contributed by atoms with van der Waals surface area (Å²) < 4.78 is 0. The zero-order valence-corrected chi connectivity index (χ0v) is 15.1. The Balaban J connectivity index is 2.13. The third-order valence-corrected chi connectivity index (χ3v) is 6.48. The summed E-state index contributed by atoms with van der Waals surface area (Å²) in [6, 6.07) is 17.5. The summed E-state index contributed by atoms with van der Waals surface area (Å²) in [6.45, 7) is 11.5.